The largest absolute Gasteiger partial charge is 0.476 e. The van der Waals surface area contributed by atoms with Crippen molar-refractivity contribution in [1.29, 1.82) is 0 Å². The van der Waals surface area contributed by atoms with Gasteiger partial charge in [0.15, 0.2) is 5.52 Å². The molecular weight excluding hydrogens is 388 g/mol. The zero-order valence-corrected chi connectivity index (χ0v) is 17.4. The molecule has 0 saturated carbocycles. The molecular formula is C21H24N4O3S. The number of thioether (sulfide) groups is 1. The molecule has 0 amide bonds. The highest BCUT2D eigenvalue weighted by Crippen LogP contribution is 2.32. The lowest BCUT2D eigenvalue weighted by Gasteiger charge is -2.08. The molecule has 0 atom stereocenters. The molecule has 0 fully saturated rings. The normalized spacial score (nSPS) is 11.2. The Morgan fingerprint density at radius 2 is 1.97 bits per heavy atom. The van der Waals surface area contributed by atoms with E-state index >= 15 is 0 Å². The standard InChI is InChI=1S/C21H24N4O3S/c1-3-5-6-10-13-28-21-19-18(24-25(21)16-11-8-7-9-12-16)20(23-15-22-19)29-14-17(26)27-4-2/h5-9,11-12,15H,3-4,10,13-14H2,1-2H3. The van der Waals surface area contributed by atoms with E-state index in [-0.39, 0.29) is 11.7 Å². The molecule has 152 valence electrons. The Labute approximate surface area is 174 Å². The van der Waals surface area contributed by atoms with Gasteiger partial charge in [-0.05, 0) is 31.9 Å². The first-order chi connectivity index (χ1) is 14.2. The van der Waals surface area contributed by atoms with Crippen LogP contribution in [0.1, 0.15) is 26.7 Å². The summed E-state index contributed by atoms with van der Waals surface area (Å²) in [6.07, 6.45) is 7.48. The molecule has 7 nitrogen and oxygen atoms in total. The van der Waals surface area contributed by atoms with Crippen molar-refractivity contribution in [2.24, 2.45) is 0 Å². The molecule has 2 aromatic heterocycles. The van der Waals surface area contributed by atoms with E-state index in [0.29, 0.717) is 35.2 Å². The molecule has 0 aliphatic rings. The second-order valence-corrected chi connectivity index (χ2v) is 7.00. The minimum Gasteiger partial charge on any atom is -0.476 e. The molecule has 29 heavy (non-hydrogen) atoms. The second kappa shape index (κ2) is 10.6. The van der Waals surface area contributed by atoms with Gasteiger partial charge in [0.2, 0.25) is 5.88 Å². The number of para-hydroxylation sites is 1. The summed E-state index contributed by atoms with van der Waals surface area (Å²) in [5.74, 6) is 0.443. The fourth-order valence-corrected chi connectivity index (χ4v) is 3.41. The minimum atomic E-state index is -0.286. The van der Waals surface area contributed by atoms with E-state index in [4.69, 9.17) is 14.6 Å². The first kappa shape index (κ1) is 20.9. The van der Waals surface area contributed by atoms with Crippen LogP contribution in [0.4, 0.5) is 0 Å². The third kappa shape index (κ3) is 5.35. The third-order valence-corrected chi connectivity index (χ3v) is 4.89. The van der Waals surface area contributed by atoms with E-state index in [1.54, 1.807) is 11.6 Å². The van der Waals surface area contributed by atoms with Gasteiger partial charge in [-0.15, -0.1) is 0 Å². The molecule has 3 rings (SSSR count). The number of ether oxygens (including phenoxy) is 2. The van der Waals surface area contributed by atoms with Crippen molar-refractivity contribution in [3.63, 3.8) is 0 Å². The lowest BCUT2D eigenvalue weighted by molar-refractivity contribution is -0.139. The smallest absolute Gasteiger partial charge is 0.316 e. The quantitative estimate of drug-likeness (QED) is 0.162. The van der Waals surface area contributed by atoms with E-state index in [9.17, 15) is 4.79 Å². The van der Waals surface area contributed by atoms with Crippen LogP contribution < -0.4 is 4.74 Å². The highest BCUT2D eigenvalue weighted by Gasteiger charge is 2.20. The van der Waals surface area contributed by atoms with Gasteiger partial charge in [-0.25, -0.2) is 9.97 Å². The Hall–Kier alpha value is -2.87. The number of esters is 1. The number of hydrogen-bond acceptors (Lipinski definition) is 7. The van der Waals surface area contributed by atoms with Crippen LogP contribution in [0.25, 0.3) is 16.7 Å². The number of aromatic nitrogens is 4. The average molecular weight is 413 g/mol. The van der Waals surface area contributed by atoms with E-state index in [1.165, 1.54) is 18.1 Å². The maximum Gasteiger partial charge on any atom is 0.316 e. The number of carbonyl (C=O) groups excluding carboxylic acids is 1. The monoisotopic (exact) mass is 412 g/mol. The Morgan fingerprint density at radius 1 is 1.14 bits per heavy atom. The summed E-state index contributed by atoms with van der Waals surface area (Å²) in [5.41, 5.74) is 2.09. The van der Waals surface area contributed by atoms with Crippen molar-refractivity contribution < 1.29 is 14.3 Å². The van der Waals surface area contributed by atoms with Crippen molar-refractivity contribution in [2.45, 2.75) is 31.7 Å². The molecule has 2 heterocycles. The Balaban J connectivity index is 1.93. The van der Waals surface area contributed by atoms with Crippen molar-refractivity contribution >= 4 is 28.8 Å². The van der Waals surface area contributed by atoms with Crippen molar-refractivity contribution in [3.8, 4) is 11.6 Å². The highest BCUT2D eigenvalue weighted by molar-refractivity contribution is 8.00. The predicted octanol–water partition coefficient (Wildman–Crippen LogP) is 4.21. The fourth-order valence-electron chi connectivity index (χ4n) is 2.67. The number of rotatable bonds is 10. The van der Waals surface area contributed by atoms with Gasteiger partial charge in [-0.3, -0.25) is 4.79 Å². The van der Waals surface area contributed by atoms with Crippen LogP contribution in [0.2, 0.25) is 0 Å². The molecule has 8 heteroatoms. The summed E-state index contributed by atoms with van der Waals surface area (Å²) in [7, 11) is 0. The maximum absolute atomic E-state index is 11.7. The van der Waals surface area contributed by atoms with Crippen molar-refractivity contribution in [3.05, 3.63) is 48.8 Å². The highest BCUT2D eigenvalue weighted by atomic mass is 32.2. The summed E-state index contributed by atoms with van der Waals surface area (Å²) < 4.78 is 12.8. The number of allylic oxidation sites excluding steroid dienone is 1. The van der Waals surface area contributed by atoms with E-state index in [2.05, 4.69) is 29.0 Å². The molecule has 0 spiro atoms. The summed E-state index contributed by atoms with van der Waals surface area (Å²) in [5, 5.41) is 5.32. The van der Waals surface area contributed by atoms with Crippen LogP contribution in [-0.2, 0) is 9.53 Å². The molecule has 3 aromatic rings. The van der Waals surface area contributed by atoms with Gasteiger partial charge >= 0.3 is 5.97 Å². The van der Waals surface area contributed by atoms with Gasteiger partial charge in [0.25, 0.3) is 0 Å². The Morgan fingerprint density at radius 3 is 2.72 bits per heavy atom. The number of hydrogen-bond donors (Lipinski definition) is 0. The molecule has 0 bridgehead atoms. The predicted molar refractivity (Wildman–Crippen MR) is 114 cm³/mol. The van der Waals surface area contributed by atoms with Gasteiger partial charge in [-0.2, -0.15) is 9.78 Å². The maximum atomic E-state index is 11.7. The molecule has 0 aliphatic carbocycles. The Kier molecular flexibility index (Phi) is 7.63. The zero-order chi connectivity index (χ0) is 20.5. The second-order valence-electron chi connectivity index (χ2n) is 6.04. The lowest BCUT2D eigenvalue weighted by Crippen LogP contribution is -2.06. The van der Waals surface area contributed by atoms with Crippen LogP contribution in [0.5, 0.6) is 5.88 Å². The summed E-state index contributed by atoms with van der Waals surface area (Å²) in [6.45, 7) is 4.75. The molecule has 1 aromatic carbocycles. The van der Waals surface area contributed by atoms with Gasteiger partial charge < -0.3 is 9.47 Å². The minimum absolute atomic E-state index is 0.163. The SMILES string of the molecule is CCC=CCCOc1c2ncnc(SCC(=O)OCC)c2nn1-c1ccccc1. The number of nitrogens with zero attached hydrogens (tertiary/aromatic N) is 4. The molecule has 0 saturated heterocycles. The average Bonchev–Trinajstić information content (AvgIpc) is 3.12. The van der Waals surface area contributed by atoms with Crippen LogP contribution in [-0.4, -0.2) is 44.7 Å². The van der Waals surface area contributed by atoms with E-state index in [1.807, 2.05) is 30.3 Å². The van der Waals surface area contributed by atoms with Gasteiger partial charge in [0.1, 0.15) is 16.9 Å². The Bertz CT molecular complexity index is 973. The van der Waals surface area contributed by atoms with Crippen molar-refractivity contribution in [1.82, 2.24) is 19.7 Å². The topological polar surface area (TPSA) is 79.1 Å². The summed E-state index contributed by atoms with van der Waals surface area (Å²) >= 11 is 1.28. The molecule has 0 radical (unpaired) electrons. The summed E-state index contributed by atoms with van der Waals surface area (Å²) in [4.78, 5) is 20.4. The van der Waals surface area contributed by atoms with Gasteiger partial charge in [0.05, 0.1) is 24.7 Å². The molecule has 0 aliphatic heterocycles. The van der Waals surface area contributed by atoms with Crippen LogP contribution in [0.15, 0.2) is 53.8 Å². The summed E-state index contributed by atoms with van der Waals surface area (Å²) in [6, 6.07) is 9.74. The first-order valence-electron chi connectivity index (χ1n) is 9.60. The van der Waals surface area contributed by atoms with Gasteiger partial charge in [0, 0.05) is 0 Å². The van der Waals surface area contributed by atoms with E-state index in [0.717, 1.165) is 18.5 Å². The zero-order valence-electron chi connectivity index (χ0n) is 16.6. The van der Waals surface area contributed by atoms with Crippen LogP contribution in [0.3, 0.4) is 0 Å². The van der Waals surface area contributed by atoms with Gasteiger partial charge in [-0.1, -0.05) is 49.0 Å². The van der Waals surface area contributed by atoms with Crippen LogP contribution in [0, 0.1) is 0 Å². The molecule has 0 unspecified atom stereocenters. The third-order valence-electron chi connectivity index (χ3n) is 3.94. The fraction of sp³-hybridized carbons (Fsp3) is 0.333. The van der Waals surface area contributed by atoms with Crippen LogP contribution >= 0.6 is 11.8 Å². The molecule has 0 N–H and O–H groups in total. The number of benzene rings is 1. The number of fused-ring (bicyclic) bond motifs is 1. The number of carbonyl (C=O) groups is 1. The van der Waals surface area contributed by atoms with E-state index < -0.39 is 0 Å². The lowest BCUT2D eigenvalue weighted by atomic mass is 10.3. The first-order valence-corrected chi connectivity index (χ1v) is 10.6. The van der Waals surface area contributed by atoms with Crippen molar-refractivity contribution in [2.75, 3.05) is 19.0 Å².